The number of carbonyl (C=O) groups is 1. The number of hydrogen-bond acceptors (Lipinski definition) is 4. The van der Waals surface area contributed by atoms with Crippen LogP contribution in [0, 0.1) is 11.6 Å². The van der Waals surface area contributed by atoms with Gasteiger partial charge in [-0.2, -0.15) is 0 Å². The maximum absolute atomic E-state index is 15.4. The first-order valence-corrected chi connectivity index (χ1v) is 10.3. The summed E-state index contributed by atoms with van der Waals surface area (Å²) in [5, 5.41) is 4.18. The standard InChI is InChI=1S/C23H22F2N4O/c1-13(30)29(16-5-6-16)11-19-20(24)8-7-17(22(19)25)14-2-9-21-18(10-14)23(27-12-26-21)28-15-3-4-15/h2,7-10,12,15-16H,3-6,11H2,1H3,(H,26,27,28). The Morgan fingerprint density at radius 2 is 1.93 bits per heavy atom. The maximum atomic E-state index is 15.4. The van der Waals surface area contributed by atoms with Crippen molar-refractivity contribution in [3.05, 3.63) is 53.9 Å². The van der Waals surface area contributed by atoms with Gasteiger partial charge in [0, 0.05) is 35.5 Å². The molecule has 154 valence electrons. The van der Waals surface area contributed by atoms with Crippen molar-refractivity contribution in [1.82, 2.24) is 14.9 Å². The van der Waals surface area contributed by atoms with E-state index in [1.807, 2.05) is 12.1 Å². The molecule has 5 nitrogen and oxygen atoms in total. The molecule has 5 rings (SSSR count). The molecule has 1 N–H and O–H groups in total. The van der Waals surface area contributed by atoms with Gasteiger partial charge in [0.2, 0.25) is 5.91 Å². The molecule has 2 fully saturated rings. The number of nitrogens with one attached hydrogen (secondary N) is 1. The molecule has 30 heavy (non-hydrogen) atoms. The summed E-state index contributed by atoms with van der Waals surface area (Å²) >= 11 is 0. The molecule has 3 aromatic rings. The number of aromatic nitrogens is 2. The van der Waals surface area contributed by atoms with Crippen LogP contribution in [0.2, 0.25) is 0 Å². The topological polar surface area (TPSA) is 58.1 Å². The Morgan fingerprint density at radius 1 is 1.13 bits per heavy atom. The number of hydrogen-bond donors (Lipinski definition) is 1. The van der Waals surface area contributed by atoms with Gasteiger partial charge in [-0.1, -0.05) is 6.07 Å². The molecule has 0 saturated heterocycles. The summed E-state index contributed by atoms with van der Waals surface area (Å²) in [5.74, 6) is -0.706. The number of rotatable bonds is 6. The molecule has 2 aromatic carbocycles. The van der Waals surface area contributed by atoms with Gasteiger partial charge in [-0.15, -0.1) is 0 Å². The fraction of sp³-hybridized carbons (Fsp3) is 0.348. The number of carbonyl (C=O) groups excluding carboxylic acids is 1. The smallest absolute Gasteiger partial charge is 0.219 e. The average molecular weight is 408 g/mol. The van der Waals surface area contributed by atoms with E-state index in [1.54, 1.807) is 11.0 Å². The van der Waals surface area contributed by atoms with E-state index in [0.29, 0.717) is 17.2 Å². The maximum Gasteiger partial charge on any atom is 0.219 e. The van der Waals surface area contributed by atoms with Gasteiger partial charge >= 0.3 is 0 Å². The van der Waals surface area contributed by atoms with Crippen molar-refractivity contribution in [2.24, 2.45) is 0 Å². The van der Waals surface area contributed by atoms with Crippen molar-refractivity contribution in [2.45, 2.75) is 51.2 Å². The summed E-state index contributed by atoms with van der Waals surface area (Å²) in [5.41, 5.74) is 1.61. The number of nitrogens with zero attached hydrogens (tertiary/aromatic N) is 3. The van der Waals surface area contributed by atoms with Crippen molar-refractivity contribution in [2.75, 3.05) is 5.32 Å². The average Bonchev–Trinajstić information content (AvgIpc) is 3.63. The Kier molecular flexibility index (Phi) is 4.60. The molecule has 1 aromatic heterocycles. The van der Waals surface area contributed by atoms with Crippen LogP contribution >= 0.6 is 0 Å². The third kappa shape index (κ3) is 3.60. The number of fused-ring (bicyclic) bond motifs is 1. The number of amides is 1. The summed E-state index contributed by atoms with van der Waals surface area (Å²) in [7, 11) is 0. The summed E-state index contributed by atoms with van der Waals surface area (Å²) in [6, 6.07) is 8.65. The fourth-order valence-electron chi connectivity index (χ4n) is 3.78. The van der Waals surface area contributed by atoms with Gasteiger partial charge in [0.05, 0.1) is 12.1 Å². The van der Waals surface area contributed by atoms with E-state index in [-0.39, 0.29) is 24.1 Å². The number of halogens is 2. The summed E-state index contributed by atoms with van der Waals surface area (Å²) in [6.07, 6.45) is 5.48. The molecule has 0 spiro atoms. The van der Waals surface area contributed by atoms with Gasteiger partial charge < -0.3 is 10.2 Å². The highest BCUT2D eigenvalue weighted by molar-refractivity contribution is 5.92. The van der Waals surface area contributed by atoms with Crippen molar-refractivity contribution >= 4 is 22.6 Å². The van der Waals surface area contributed by atoms with E-state index in [2.05, 4.69) is 15.3 Å². The molecule has 7 heteroatoms. The Hall–Kier alpha value is -3.09. The zero-order valence-corrected chi connectivity index (χ0v) is 16.7. The van der Waals surface area contributed by atoms with Crippen LogP contribution in [-0.4, -0.2) is 32.9 Å². The second-order valence-corrected chi connectivity index (χ2v) is 8.14. The van der Waals surface area contributed by atoms with E-state index in [4.69, 9.17) is 0 Å². The number of anilines is 1. The first-order chi connectivity index (χ1) is 14.5. The molecule has 2 aliphatic rings. The highest BCUT2D eigenvalue weighted by Gasteiger charge is 2.32. The van der Waals surface area contributed by atoms with Crippen molar-refractivity contribution in [1.29, 1.82) is 0 Å². The predicted octanol–water partition coefficient (Wildman–Crippen LogP) is 4.66. The molecule has 0 bridgehead atoms. The summed E-state index contributed by atoms with van der Waals surface area (Å²) in [4.78, 5) is 22.1. The molecule has 0 atom stereocenters. The lowest BCUT2D eigenvalue weighted by Crippen LogP contribution is -2.31. The molecular weight excluding hydrogens is 386 g/mol. The van der Waals surface area contributed by atoms with Crippen LogP contribution < -0.4 is 5.32 Å². The highest BCUT2D eigenvalue weighted by atomic mass is 19.1. The minimum atomic E-state index is -0.636. The molecular formula is C23H22F2N4O. The Labute approximate surface area is 173 Å². The van der Waals surface area contributed by atoms with Gasteiger partial charge in [-0.05, 0) is 55.5 Å². The molecule has 2 saturated carbocycles. The van der Waals surface area contributed by atoms with E-state index in [0.717, 1.165) is 42.4 Å². The predicted molar refractivity (Wildman–Crippen MR) is 111 cm³/mol. The van der Waals surface area contributed by atoms with Crippen LogP contribution in [0.3, 0.4) is 0 Å². The first-order valence-electron chi connectivity index (χ1n) is 10.3. The van der Waals surface area contributed by atoms with Gasteiger partial charge in [0.15, 0.2) is 0 Å². The Balaban J connectivity index is 1.55. The molecule has 0 radical (unpaired) electrons. The second kappa shape index (κ2) is 7.31. The fourth-order valence-corrected chi connectivity index (χ4v) is 3.78. The lowest BCUT2D eigenvalue weighted by atomic mass is 9.99. The monoisotopic (exact) mass is 408 g/mol. The van der Waals surface area contributed by atoms with Crippen LogP contribution in [0.4, 0.5) is 14.6 Å². The lowest BCUT2D eigenvalue weighted by Gasteiger charge is -2.22. The van der Waals surface area contributed by atoms with Crippen LogP contribution in [-0.2, 0) is 11.3 Å². The molecule has 2 aliphatic carbocycles. The van der Waals surface area contributed by atoms with Crippen LogP contribution in [0.1, 0.15) is 38.2 Å². The summed E-state index contributed by atoms with van der Waals surface area (Å²) in [6.45, 7) is 1.38. The lowest BCUT2D eigenvalue weighted by molar-refractivity contribution is -0.130. The van der Waals surface area contributed by atoms with Gasteiger partial charge in [0.25, 0.3) is 0 Å². The quantitative estimate of drug-likeness (QED) is 0.645. The molecule has 0 aliphatic heterocycles. The van der Waals surface area contributed by atoms with E-state index >= 15 is 4.39 Å². The summed E-state index contributed by atoms with van der Waals surface area (Å²) < 4.78 is 29.9. The van der Waals surface area contributed by atoms with E-state index < -0.39 is 11.6 Å². The van der Waals surface area contributed by atoms with Gasteiger partial charge in [0.1, 0.15) is 23.8 Å². The molecule has 1 amide bonds. The Bertz CT molecular complexity index is 1140. The van der Waals surface area contributed by atoms with Gasteiger partial charge in [-0.25, -0.2) is 18.7 Å². The van der Waals surface area contributed by atoms with E-state index in [1.165, 1.54) is 25.4 Å². The first kappa shape index (κ1) is 18.9. The number of benzene rings is 2. The minimum absolute atomic E-state index is 0.0588. The largest absolute Gasteiger partial charge is 0.367 e. The third-order valence-corrected chi connectivity index (χ3v) is 5.77. The van der Waals surface area contributed by atoms with Crippen LogP contribution in [0.15, 0.2) is 36.7 Å². The zero-order chi connectivity index (χ0) is 20.8. The molecule has 1 heterocycles. The normalized spacial score (nSPS) is 16.0. The second-order valence-electron chi connectivity index (χ2n) is 8.14. The van der Waals surface area contributed by atoms with Crippen LogP contribution in [0.25, 0.3) is 22.0 Å². The third-order valence-electron chi connectivity index (χ3n) is 5.77. The van der Waals surface area contributed by atoms with Gasteiger partial charge in [-0.3, -0.25) is 4.79 Å². The van der Waals surface area contributed by atoms with Crippen molar-refractivity contribution in [3.8, 4) is 11.1 Å². The van der Waals surface area contributed by atoms with Crippen molar-refractivity contribution < 1.29 is 13.6 Å². The van der Waals surface area contributed by atoms with E-state index in [9.17, 15) is 9.18 Å². The molecule has 0 unspecified atom stereocenters. The highest BCUT2D eigenvalue weighted by Crippen LogP contribution is 2.34. The minimum Gasteiger partial charge on any atom is -0.367 e. The van der Waals surface area contributed by atoms with Crippen molar-refractivity contribution in [3.63, 3.8) is 0 Å². The Morgan fingerprint density at radius 3 is 2.63 bits per heavy atom. The van der Waals surface area contributed by atoms with Crippen LogP contribution in [0.5, 0.6) is 0 Å². The zero-order valence-electron chi connectivity index (χ0n) is 16.7. The SMILES string of the molecule is CC(=O)N(Cc1c(F)ccc(-c2ccc3ncnc(NC4CC4)c3c2)c1F)C1CC1.